The molecule has 1 atom stereocenters. The fourth-order valence-electron chi connectivity index (χ4n) is 6.59. The van der Waals surface area contributed by atoms with Crippen LogP contribution in [0.2, 0.25) is 0 Å². The second-order valence-corrected chi connectivity index (χ2v) is 16.7. The molecule has 6 nitrogen and oxygen atoms in total. The van der Waals surface area contributed by atoms with Gasteiger partial charge in [-0.1, -0.05) is 200 Å². The molecule has 0 radical (unpaired) electrons. The number of esters is 3. The lowest BCUT2D eigenvalue weighted by atomic mass is 10.1. The number of rotatable bonds is 45. The molecule has 0 aromatic rings. The van der Waals surface area contributed by atoms with E-state index in [-0.39, 0.29) is 44.0 Å². The second kappa shape index (κ2) is 52.4. The van der Waals surface area contributed by atoms with Crippen LogP contribution in [-0.4, -0.2) is 37.2 Å². The molecule has 366 valence electrons. The first-order valence-electron chi connectivity index (χ1n) is 26.0. The van der Waals surface area contributed by atoms with Gasteiger partial charge in [0.15, 0.2) is 6.10 Å². The van der Waals surface area contributed by atoms with Crippen molar-refractivity contribution >= 4 is 17.9 Å². The first kappa shape index (κ1) is 60.8. The Morgan fingerprint density at radius 1 is 0.323 bits per heavy atom. The van der Waals surface area contributed by atoms with Gasteiger partial charge in [0.2, 0.25) is 0 Å². The molecule has 0 aliphatic carbocycles. The molecule has 0 bridgehead atoms. The van der Waals surface area contributed by atoms with Gasteiger partial charge in [0.25, 0.3) is 0 Å². The molecule has 65 heavy (non-hydrogen) atoms. The second-order valence-electron chi connectivity index (χ2n) is 16.7. The zero-order chi connectivity index (χ0) is 47.2. The average Bonchev–Trinajstić information content (AvgIpc) is 3.30. The van der Waals surface area contributed by atoms with Gasteiger partial charge in [-0.15, -0.1) is 0 Å². The van der Waals surface area contributed by atoms with Gasteiger partial charge in [-0.25, -0.2) is 0 Å². The number of unbranched alkanes of at least 4 members (excludes halogenated alkanes) is 14. The van der Waals surface area contributed by atoms with E-state index >= 15 is 0 Å². The monoisotopic (exact) mass is 899 g/mol. The minimum absolute atomic E-state index is 0.118. The van der Waals surface area contributed by atoms with Crippen LogP contribution in [0, 0.1) is 0 Å². The maximum atomic E-state index is 12.8. The smallest absolute Gasteiger partial charge is 0.306 e. The van der Waals surface area contributed by atoms with Gasteiger partial charge in [0, 0.05) is 19.3 Å². The summed E-state index contributed by atoms with van der Waals surface area (Å²) in [5.41, 5.74) is 0. The van der Waals surface area contributed by atoms with Crippen molar-refractivity contribution in [3.63, 3.8) is 0 Å². The molecular formula is C59H94O6. The van der Waals surface area contributed by atoms with Crippen LogP contribution in [0.4, 0.5) is 0 Å². The first-order chi connectivity index (χ1) is 32.0. The van der Waals surface area contributed by atoms with Gasteiger partial charge in [0.05, 0.1) is 0 Å². The molecule has 0 aliphatic heterocycles. The molecule has 0 heterocycles. The third-order valence-electron chi connectivity index (χ3n) is 10.4. The van der Waals surface area contributed by atoms with Crippen LogP contribution < -0.4 is 0 Å². The Balaban J connectivity index is 4.52. The van der Waals surface area contributed by atoms with Crippen LogP contribution >= 0.6 is 0 Å². The highest BCUT2D eigenvalue weighted by molar-refractivity contribution is 5.71. The van der Waals surface area contributed by atoms with E-state index < -0.39 is 6.10 Å². The molecule has 0 fully saturated rings. The zero-order valence-electron chi connectivity index (χ0n) is 41.7. The lowest BCUT2D eigenvalue weighted by Gasteiger charge is -2.18. The van der Waals surface area contributed by atoms with Crippen molar-refractivity contribution < 1.29 is 28.6 Å². The molecule has 0 aromatic heterocycles. The Bertz CT molecular complexity index is 1400. The number of hydrogen-bond acceptors (Lipinski definition) is 6. The molecule has 0 saturated carbocycles. The number of allylic oxidation sites excluding steroid dienone is 20. The van der Waals surface area contributed by atoms with Gasteiger partial charge < -0.3 is 14.2 Å². The van der Waals surface area contributed by atoms with Crippen LogP contribution in [-0.2, 0) is 28.6 Å². The SMILES string of the molecule is CC/C=C\C/C=C\C/C=C\C/C=C\CCC(=O)OCC(COC(=O)CCCCCCCC/C=C\C/C=C\C/C=C\CCCCC)OC(=O)CCCCCCC/C=C\C/C=C\C/C=C\CC. The number of ether oxygens (including phenoxy) is 3. The molecule has 0 saturated heterocycles. The van der Waals surface area contributed by atoms with E-state index in [9.17, 15) is 14.4 Å². The van der Waals surface area contributed by atoms with Crippen molar-refractivity contribution in [3.05, 3.63) is 122 Å². The standard InChI is InChI=1S/C59H94O6/c1-4-7-10-13-16-19-22-25-27-28-29-30-32-34-37-40-43-46-49-52-58(61)64-55-56(54-63-57(60)51-48-45-42-39-36-33-24-21-18-15-12-9-6-3)65-59(62)53-50-47-44-41-38-35-31-26-23-20-17-14-11-8-5-2/h8-9,11-12,16-21,25-27,29-31,33,36,42,45,56H,4-7,10,13-15,22-24,28,32,34-35,37-41,43-44,46-55H2,1-3H3/b11-8-,12-9-,19-16-,20-17-,21-18-,27-25-,30-29-,31-26-,36-33-,45-42-. The number of carbonyl (C=O) groups is 3. The maximum Gasteiger partial charge on any atom is 0.306 e. The average molecular weight is 899 g/mol. The van der Waals surface area contributed by atoms with E-state index in [1.165, 1.54) is 38.5 Å². The summed E-state index contributed by atoms with van der Waals surface area (Å²) in [4.78, 5) is 38.0. The summed E-state index contributed by atoms with van der Waals surface area (Å²) in [6, 6.07) is 0. The summed E-state index contributed by atoms with van der Waals surface area (Å²) in [5.74, 6) is -1.04. The highest BCUT2D eigenvalue weighted by Crippen LogP contribution is 2.12. The number of carbonyl (C=O) groups excluding carboxylic acids is 3. The van der Waals surface area contributed by atoms with Crippen molar-refractivity contribution in [3.8, 4) is 0 Å². The normalized spacial score (nSPS) is 13.1. The molecule has 0 aliphatic rings. The van der Waals surface area contributed by atoms with Crippen LogP contribution in [0.5, 0.6) is 0 Å². The van der Waals surface area contributed by atoms with Gasteiger partial charge in [-0.05, 0) is 116 Å². The van der Waals surface area contributed by atoms with E-state index in [0.717, 1.165) is 128 Å². The highest BCUT2D eigenvalue weighted by Gasteiger charge is 2.19. The summed E-state index contributed by atoms with van der Waals surface area (Å²) in [7, 11) is 0. The molecule has 0 N–H and O–H groups in total. The van der Waals surface area contributed by atoms with Crippen molar-refractivity contribution in [2.45, 2.75) is 219 Å². The lowest BCUT2D eigenvalue weighted by molar-refractivity contribution is -0.166. The van der Waals surface area contributed by atoms with E-state index in [4.69, 9.17) is 14.2 Å². The fourth-order valence-corrected chi connectivity index (χ4v) is 6.59. The van der Waals surface area contributed by atoms with Crippen LogP contribution in [0.15, 0.2) is 122 Å². The Morgan fingerprint density at radius 2 is 0.631 bits per heavy atom. The molecule has 6 heteroatoms. The topological polar surface area (TPSA) is 78.9 Å². The Labute approximate surface area is 399 Å². The van der Waals surface area contributed by atoms with Crippen molar-refractivity contribution in [1.29, 1.82) is 0 Å². The van der Waals surface area contributed by atoms with E-state index in [0.29, 0.717) is 12.8 Å². The predicted molar refractivity (Wildman–Crippen MR) is 279 cm³/mol. The molecule has 0 aromatic carbocycles. The van der Waals surface area contributed by atoms with E-state index in [1.54, 1.807) is 0 Å². The van der Waals surface area contributed by atoms with E-state index in [2.05, 4.69) is 130 Å². The summed E-state index contributed by atoms with van der Waals surface area (Å²) in [6.07, 6.45) is 71.9. The van der Waals surface area contributed by atoms with Gasteiger partial charge >= 0.3 is 17.9 Å². The Hall–Kier alpha value is -4.19. The summed E-state index contributed by atoms with van der Waals surface area (Å²) in [6.45, 7) is 6.27. The number of hydrogen-bond donors (Lipinski definition) is 0. The third kappa shape index (κ3) is 50.7. The maximum absolute atomic E-state index is 12.8. The summed E-state index contributed by atoms with van der Waals surface area (Å²) < 4.78 is 16.7. The minimum Gasteiger partial charge on any atom is -0.462 e. The quantitative estimate of drug-likeness (QED) is 0.0262. The highest BCUT2D eigenvalue weighted by atomic mass is 16.6. The Morgan fingerprint density at radius 3 is 1.03 bits per heavy atom. The lowest BCUT2D eigenvalue weighted by Crippen LogP contribution is -2.30. The molecule has 0 amide bonds. The molecular weight excluding hydrogens is 805 g/mol. The minimum atomic E-state index is -0.824. The summed E-state index contributed by atoms with van der Waals surface area (Å²) in [5, 5.41) is 0. The first-order valence-corrected chi connectivity index (χ1v) is 26.0. The van der Waals surface area contributed by atoms with Gasteiger partial charge in [-0.3, -0.25) is 14.4 Å². The molecule has 0 rings (SSSR count). The fraction of sp³-hybridized carbons (Fsp3) is 0.610. The largest absolute Gasteiger partial charge is 0.462 e. The molecule has 0 spiro atoms. The van der Waals surface area contributed by atoms with Gasteiger partial charge in [0.1, 0.15) is 13.2 Å². The van der Waals surface area contributed by atoms with Crippen molar-refractivity contribution in [2.75, 3.05) is 13.2 Å². The molecule has 1 unspecified atom stereocenters. The van der Waals surface area contributed by atoms with Crippen LogP contribution in [0.3, 0.4) is 0 Å². The van der Waals surface area contributed by atoms with Crippen LogP contribution in [0.1, 0.15) is 213 Å². The summed E-state index contributed by atoms with van der Waals surface area (Å²) >= 11 is 0. The third-order valence-corrected chi connectivity index (χ3v) is 10.4. The van der Waals surface area contributed by atoms with Gasteiger partial charge in [-0.2, -0.15) is 0 Å². The van der Waals surface area contributed by atoms with Crippen molar-refractivity contribution in [1.82, 2.24) is 0 Å². The zero-order valence-corrected chi connectivity index (χ0v) is 41.7. The van der Waals surface area contributed by atoms with Crippen molar-refractivity contribution in [2.24, 2.45) is 0 Å². The van der Waals surface area contributed by atoms with E-state index in [1.807, 2.05) is 12.2 Å². The Kier molecular flexibility index (Phi) is 49.1. The predicted octanol–water partition coefficient (Wildman–Crippen LogP) is 17.3. The van der Waals surface area contributed by atoms with Crippen LogP contribution in [0.25, 0.3) is 0 Å².